The van der Waals surface area contributed by atoms with Gasteiger partial charge in [0.1, 0.15) is 0 Å². The minimum absolute atomic E-state index is 0.178. The highest BCUT2D eigenvalue weighted by molar-refractivity contribution is 6.32. The molecule has 1 aliphatic heterocycles. The van der Waals surface area contributed by atoms with Crippen molar-refractivity contribution in [2.75, 3.05) is 25.5 Å². The highest BCUT2D eigenvalue weighted by Gasteiger charge is 2.16. The summed E-state index contributed by atoms with van der Waals surface area (Å²) < 4.78 is 5.24. The summed E-state index contributed by atoms with van der Waals surface area (Å²) in [6, 6.07) is 3.41. The first-order valence-electron chi connectivity index (χ1n) is 7.73. The number of aryl methyl sites for hydroxylation is 1. The first-order chi connectivity index (χ1) is 11.6. The Kier molecular flexibility index (Phi) is 5.22. The maximum absolute atomic E-state index is 12.0. The Morgan fingerprint density at radius 3 is 3.12 bits per heavy atom. The Morgan fingerprint density at radius 2 is 2.38 bits per heavy atom. The minimum Gasteiger partial charge on any atom is -0.339 e. The maximum atomic E-state index is 12.0. The summed E-state index contributed by atoms with van der Waals surface area (Å²) in [4.78, 5) is 22.5. The van der Waals surface area contributed by atoms with Crippen molar-refractivity contribution in [3.8, 4) is 0 Å². The third-order valence-electron chi connectivity index (χ3n) is 3.77. The number of carbonyl (C=O) groups is 1. The van der Waals surface area contributed by atoms with E-state index in [-0.39, 0.29) is 17.5 Å². The second kappa shape index (κ2) is 7.55. The van der Waals surface area contributed by atoms with Crippen molar-refractivity contribution < 1.29 is 9.32 Å². The molecular weight excluding hydrogens is 330 g/mol. The number of hydrogen-bond acceptors (Lipinski definition) is 6. The van der Waals surface area contributed by atoms with Crippen LogP contribution in [-0.2, 0) is 11.2 Å². The zero-order valence-corrected chi connectivity index (χ0v) is 14.1. The lowest BCUT2D eigenvalue weighted by atomic mass is 10.1. The van der Waals surface area contributed by atoms with Crippen LogP contribution in [0.1, 0.15) is 24.6 Å². The molecule has 0 bridgehead atoms. The number of anilines is 1. The topological polar surface area (TPSA) is 84.2 Å². The van der Waals surface area contributed by atoms with Gasteiger partial charge in [-0.2, -0.15) is 4.98 Å². The van der Waals surface area contributed by atoms with E-state index >= 15 is 0 Å². The van der Waals surface area contributed by atoms with Crippen LogP contribution in [0.4, 0.5) is 5.69 Å². The summed E-state index contributed by atoms with van der Waals surface area (Å²) in [7, 11) is 2.07. The van der Waals surface area contributed by atoms with E-state index in [1.165, 1.54) is 0 Å². The van der Waals surface area contributed by atoms with Gasteiger partial charge in [-0.05, 0) is 31.2 Å². The van der Waals surface area contributed by atoms with Gasteiger partial charge in [0, 0.05) is 32.1 Å². The monoisotopic (exact) mass is 347 g/mol. The van der Waals surface area contributed by atoms with E-state index in [0.29, 0.717) is 23.8 Å². The average molecular weight is 348 g/mol. The van der Waals surface area contributed by atoms with Gasteiger partial charge in [0.25, 0.3) is 0 Å². The highest BCUT2D eigenvalue weighted by atomic mass is 35.5. The number of likely N-dealkylation sites (N-methyl/N-ethyl adjacent to an activating group) is 1. The summed E-state index contributed by atoms with van der Waals surface area (Å²) in [5.74, 6) is 0.897. The molecule has 2 aromatic heterocycles. The van der Waals surface area contributed by atoms with Crippen LogP contribution < -0.4 is 5.32 Å². The lowest BCUT2D eigenvalue weighted by molar-refractivity contribution is -0.116. The van der Waals surface area contributed by atoms with Gasteiger partial charge in [-0.1, -0.05) is 22.8 Å². The summed E-state index contributed by atoms with van der Waals surface area (Å²) in [5, 5.41) is 6.98. The molecule has 0 unspecified atom stereocenters. The van der Waals surface area contributed by atoms with Crippen molar-refractivity contribution >= 4 is 28.8 Å². The molecule has 3 heterocycles. The smallest absolute Gasteiger partial charge is 0.227 e. The van der Waals surface area contributed by atoms with E-state index in [2.05, 4.69) is 38.5 Å². The molecule has 1 aliphatic rings. The lowest BCUT2D eigenvalue weighted by Crippen LogP contribution is -2.23. The van der Waals surface area contributed by atoms with Gasteiger partial charge in [-0.15, -0.1) is 0 Å². The number of halogens is 1. The van der Waals surface area contributed by atoms with Crippen molar-refractivity contribution in [3.05, 3.63) is 41.3 Å². The molecule has 1 N–H and O–H groups in total. The average Bonchev–Trinajstić information content (AvgIpc) is 3.05. The second-order valence-corrected chi connectivity index (χ2v) is 6.00. The van der Waals surface area contributed by atoms with Crippen LogP contribution in [0.5, 0.6) is 0 Å². The van der Waals surface area contributed by atoms with Crippen molar-refractivity contribution in [1.29, 1.82) is 0 Å². The Morgan fingerprint density at radius 1 is 1.50 bits per heavy atom. The van der Waals surface area contributed by atoms with E-state index in [9.17, 15) is 4.79 Å². The van der Waals surface area contributed by atoms with Crippen molar-refractivity contribution in [2.24, 2.45) is 0 Å². The zero-order chi connectivity index (χ0) is 16.9. The molecule has 0 aliphatic carbocycles. The molecule has 0 spiro atoms. The summed E-state index contributed by atoms with van der Waals surface area (Å²) in [6.45, 7) is 1.86. The molecule has 0 saturated carbocycles. The number of aromatic nitrogens is 3. The van der Waals surface area contributed by atoms with E-state index < -0.39 is 0 Å². The first kappa shape index (κ1) is 16.6. The van der Waals surface area contributed by atoms with Crippen LogP contribution in [0.3, 0.4) is 0 Å². The van der Waals surface area contributed by atoms with E-state index in [1.807, 2.05) is 0 Å². The van der Waals surface area contributed by atoms with E-state index in [0.717, 1.165) is 25.1 Å². The van der Waals surface area contributed by atoms with E-state index in [1.54, 1.807) is 18.3 Å². The highest BCUT2D eigenvalue weighted by Crippen LogP contribution is 2.20. The third-order valence-corrected chi connectivity index (χ3v) is 4.07. The molecule has 0 saturated heterocycles. The second-order valence-electron chi connectivity index (χ2n) is 5.64. The first-order valence-corrected chi connectivity index (χ1v) is 8.10. The fraction of sp³-hybridized carbons (Fsp3) is 0.375. The van der Waals surface area contributed by atoms with Gasteiger partial charge in [0.05, 0.1) is 5.69 Å². The molecule has 7 nitrogen and oxygen atoms in total. The van der Waals surface area contributed by atoms with Crippen LogP contribution in [0.2, 0.25) is 5.15 Å². The van der Waals surface area contributed by atoms with Gasteiger partial charge in [0.15, 0.2) is 11.0 Å². The number of amides is 1. The third kappa shape index (κ3) is 4.18. The standard InChI is InChI=1S/C16H18ClN5O2/c1-22-9-6-11(7-10-22)16-20-14(24-21-16)5-4-13(23)19-12-3-2-8-18-15(12)17/h2-3,6,8H,4-5,7,9-10H2,1H3,(H,19,23). The molecule has 0 aromatic carbocycles. The molecule has 0 atom stereocenters. The van der Waals surface area contributed by atoms with Crippen LogP contribution in [0.15, 0.2) is 28.9 Å². The summed E-state index contributed by atoms with van der Waals surface area (Å²) in [5.41, 5.74) is 1.58. The molecule has 3 rings (SSSR count). The van der Waals surface area contributed by atoms with Crippen molar-refractivity contribution in [1.82, 2.24) is 20.0 Å². The lowest BCUT2D eigenvalue weighted by Gasteiger charge is -2.19. The molecule has 8 heteroatoms. The van der Waals surface area contributed by atoms with Crippen LogP contribution in [-0.4, -0.2) is 46.1 Å². The predicted octanol–water partition coefficient (Wildman–Crippen LogP) is 2.41. The number of hydrogen-bond donors (Lipinski definition) is 1. The van der Waals surface area contributed by atoms with Gasteiger partial charge < -0.3 is 14.7 Å². The fourth-order valence-corrected chi connectivity index (χ4v) is 2.54. The van der Waals surface area contributed by atoms with Gasteiger partial charge >= 0.3 is 0 Å². The molecule has 0 radical (unpaired) electrons. The Hall–Kier alpha value is -2.25. The normalized spacial score (nSPS) is 15.2. The maximum Gasteiger partial charge on any atom is 0.227 e. The number of carbonyl (C=O) groups excluding carboxylic acids is 1. The molecular formula is C16H18ClN5O2. The predicted molar refractivity (Wildman–Crippen MR) is 90.6 cm³/mol. The fourth-order valence-electron chi connectivity index (χ4n) is 2.37. The number of rotatable bonds is 5. The number of nitrogens with one attached hydrogen (secondary N) is 1. The largest absolute Gasteiger partial charge is 0.339 e. The van der Waals surface area contributed by atoms with Crippen LogP contribution >= 0.6 is 11.6 Å². The van der Waals surface area contributed by atoms with E-state index in [4.69, 9.17) is 16.1 Å². The Labute approximate surface area is 144 Å². The minimum atomic E-state index is -0.178. The molecule has 24 heavy (non-hydrogen) atoms. The van der Waals surface area contributed by atoms with Crippen molar-refractivity contribution in [2.45, 2.75) is 19.3 Å². The Bertz CT molecular complexity index is 758. The van der Waals surface area contributed by atoms with Crippen molar-refractivity contribution in [3.63, 3.8) is 0 Å². The molecule has 2 aromatic rings. The molecule has 0 fully saturated rings. The van der Waals surface area contributed by atoms with Gasteiger partial charge in [-0.3, -0.25) is 4.79 Å². The molecule has 1 amide bonds. The Balaban J connectivity index is 1.54. The van der Waals surface area contributed by atoms with Crippen LogP contribution in [0, 0.1) is 0 Å². The zero-order valence-electron chi connectivity index (χ0n) is 13.3. The summed E-state index contributed by atoms with van der Waals surface area (Å²) >= 11 is 5.91. The summed E-state index contributed by atoms with van der Waals surface area (Å²) in [6.07, 6.45) is 5.18. The van der Waals surface area contributed by atoms with Crippen LogP contribution in [0.25, 0.3) is 5.57 Å². The SMILES string of the molecule is CN1CC=C(c2noc(CCC(=O)Nc3cccnc3Cl)n2)CC1. The number of pyridine rings is 1. The van der Waals surface area contributed by atoms with Gasteiger partial charge in [-0.25, -0.2) is 4.98 Å². The molecule has 126 valence electrons. The quantitative estimate of drug-likeness (QED) is 0.836. The number of nitrogens with zero attached hydrogens (tertiary/aromatic N) is 4. The van der Waals surface area contributed by atoms with Gasteiger partial charge in [0.2, 0.25) is 11.8 Å².